The summed E-state index contributed by atoms with van der Waals surface area (Å²) < 4.78 is 3.86. The number of halogens is 3. The molecule has 0 unspecified atom stereocenters. The molecule has 120 valence electrons. The van der Waals surface area contributed by atoms with Crippen LogP contribution < -0.4 is 5.32 Å². The normalized spacial score (nSPS) is 22.0. The van der Waals surface area contributed by atoms with Crippen molar-refractivity contribution in [2.45, 2.75) is 24.1 Å². The zero-order valence-electron chi connectivity index (χ0n) is 12.0. The molecule has 1 saturated carbocycles. The van der Waals surface area contributed by atoms with E-state index in [1.165, 1.54) is 0 Å². The molecule has 1 amide bonds. The van der Waals surface area contributed by atoms with Gasteiger partial charge in [-0.25, -0.2) is 0 Å². The van der Waals surface area contributed by atoms with Crippen LogP contribution in [0.25, 0.3) is 0 Å². The molecular formula is C15H16Cl3NO3. The van der Waals surface area contributed by atoms with Crippen LogP contribution in [0.15, 0.2) is 24.3 Å². The van der Waals surface area contributed by atoms with E-state index in [-0.39, 0.29) is 12.5 Å². The molecule has 0 heterocycles. The van der Waals surface area contributed by atoms with E-state index in [9.17, 15) is 9.59 Å². The standard InChI is InChI=1S/C15H16Cl3NO3/c1-14(9-15(14,17)18)13(21)22-8-12(20)19-7-6-10-2-4-11(16)5-3-10/h2-5H,6-9H2,1H3,(H,19,20)/t14-/m1/s1. The molecule has 0 radical (unpaired) electrons. The number of ether oxygens (including phenoxy) is 1. The van der Waals surface area contributed by atoms with Gasteiger partial charge < -0.3 is 10.1 Å². The van der Waals surface area contributed by atoms with E-state index in [1.807, 2.05) is 12.1 Å². The van der Waals surface area contributed by atoms with E-state index >= 15 is 0 Å². The molecule has 1 atom stereocenters. The van der Waals surface area contributed by atoms with Gasteiger partial charge in [0, 0.05) is 18.0 Å². The zero-order chi connectivity index (χ0) is 16.4. The zero-order valence-corrected chi connectivity index (χ0v) is 14.3. The number of rotatable bonds is 6. The molecule has 0 spiro atoms. The smallest absolute Gasteiger partial charge is 0.315 e. The van der Waals surface area contributed by atoms with Gasteiger partial charge in [-0.3, -0.25) is 9.59 Å². The van der Waals surface area contributed by atoms with Gasteiger partial charge in [0.2, 0.25) is 0 Å². The monoisotopic (exact) mass is 363 g/mol. The van der Waals surface area contributed by atoms with Crippen LogP contribution in [0.2, 0.25) is 5.02 Å². The number of hydrogen-bond acceptors (Lipinski definition) is 3. The molecule has 1 N–H and O–H groups in total. The van der Waals surface area contributed by atoms with Gasteiger partial charge in [-0.05, 0) is 31.0 Å². The first-order valence-electron chi connectivity index (χ1n) is 6.81. The Labute approximate surface area is 144 Å². The minimum Gasteiger partial charge on any atom is -0.455 e. The van der Waals surface area contributed by atoms with Crippen LogP contribution in [0.1, 0.15) is 18.9 Å². The molecule has 0 aliphatic heterocycles. The molecule has 4 nitrogen and oxygen atoms in total. The Morgan fingerprint density at radius 2 is 1.86 bits per heavy atom. The number of benzene rings is 1. The fourth-order valence-corrected chi connectivity index (χ4v) is 2.77. The molecule has 0 saturated heterocycles. The van der Waals surface area contributed by atoms with Gasteiger partial charge in [0.15, 0.2) is 6.61 Å². The maximum Gasteiger partial charge on any atom is 0.315 e. The number of amides is 1. The van der Waals surface area contributed by atoms with Crippen molar-refractivity contribution < 1.29 is 14.3 Å². The van der Waals surface area contributed by atoms with Crippen LogP contribution in [0.4, 0.5) is 0 Å². The highest BCUT2D eigenvalue weighted by Crippen LogP contribution is 2.64. The van der Waals surface area contributed by atoms with E-state index in [4.69, 9.17) is 39.5 Å². The first kappa shape index (κ1) is 17.4. The van der Waals surface area contributed by atoms with E-state index in [0.717, 1.165) is 5.56 Å². The Balaban J connectivity index is 1.66. The quantitative estimate of drug-likeness (QED) is 0.623. The molecule has 7 heteroatoms. The molecule has 1 aromatic rings. The van der Waals surface area contributed by atoms with Crippen molar-refractivity contribution in [3.63, 3.8) is 0 Å². The number of carbonyl (C=O) groups is 2. The lowest BCUT2D eigenvalue weighted by atomic mass is 10.1. The van der Waals surface area contributed by atoms with E-state index in [1.54, 1.807) is 19.1 Å². The Morgan fingerprint density at radius 3 is 2.41 bits per heavy atom. The maximum atomic E-state index is 11.8. The number of alkyl halides is 2. The number of esters is 1. The summed E-state index contributed by atoms with van der Waals surface area (Å²) >= 11 is 17.5. The van der Waals surface area contributed by atoms with Crippen molar-refractivity contribution in [3.05, 3.63) is 34.9 Å². The van der Waals surface area contributed by atoms with Crippen molar-refractivity contribution in [1.29, 1.82) is 0 Å². The van der Waals surface area contributed by atoms with Crippen molar-refractivity contribution >= 4 is 46.7 Å². The van der Waals surface area contributed by atoms with Gasteiger partial charge in [0.1, 0.15) is 9.75 Å². The number of nitrogens with one attached hydrogen (secondary N) is 1. The third-order valence-corrected chi connectivity index (χ3v) is 5.05. The first-order valence-corrected chi connectivity index (χ1v) is 7.94. The third-order valence-electron chi connectivity index (χ3n) is 3.69. The molecule has 0 bridgehead atoms. The summed E-state index contributed by atoms with van der Waals surface area (Å²) in [5, 5.41) is 3.35. The number of carbonyl (C=O) groups excluding carboxylic acids is 2. The molecule has 1 aliphatic carbocycles. The Morgan fingerprint density at radius 1 is 1.27 bits per heavy atom. The van der Waals surface area contributed by atoms with Crippen molar-refractivity contribution in [2.24, 2.45) is 5.41 Å². The van der Waals surface area contributed by atoms with Gasteiger partial charge >= 0.3 is 5.97 Å². The molecular weight excluding hydrogens is 349 g/mol. The molecule has 1 aliphatic rings. The lowest BCUT2D eigenvalue weighted by Crippen LogP contribution is -2.32. The number of hydrogen-bond donors (Lipinski definition) is 1. The summed E-state index contributed by atoms with van der Waals surface area (Å²) in [6.07, 6.45) is 1.00. The topological polar surface area (TPSA) is 55.4 Å². The van der Waals surface area contributed by atoms with E-state index < -0.39 is 15.7 Å². The Hall–Kier alpha value is -0.970. The summed E-state index contributed by atoms with van der Waals surface area (Å²) in [4.78, 5) is 23.4. The summed E-state index contributed by atoms with van der Waals surface area (Å²) in [5.74, 6) is -0.911. The van der Waals surface area contributed by atoms with Crippen molar-refractivity contribution in [2.75, 3.05) is 13.2 Å². The average molecular weight is 365 g/mol. The summed E-state index contributed by atoms with van der Waals surface area (Å²) in [5.41, 5.74) is 0.140. The maximum absolute atomic E-state index is 11.8. The largest absolute Gasteiger partial charge is 0.455 e. The summed E-state index contributed by atoms with van der Waals surface area (Å²) in [6.45, 7) is 1.73. The fourth-order valence-electron chi connectivity index (χ4n) is 1.96. The predicted octanol–water partition coefficient (Wildman–Crippen LogP) is 3.13. The molecule has 1 aromatic carbocycles. The first-order chi connectivity index (χ1) is 10.2. The van der Waals surface area contributed by atoms with Crippen molar-refractivity contribution in [3.8, 4) is 0 Å². The second-order valence-corrected chi connectivity index (χ2v) is 7.44. The second-order valence-electron chi connectivity index (χ2n) is 5.52. The molecule has 0 aromatic heterocycles. The SMILES string of the molecule is C[C@]1(C(=O)OCC(=O)NCCc2ccc(Cl)cc2)CC1(Cl)Cl. The Bertz CT molecular complexity index is 574. The predicted molar refractivity (Wildman–Crippen MR) is 86.3 cm³/mol. The van der Waals surface area contributed by atoms with Gasteiger partial charge in [0.25, 0.3) is 5.91 Å². The highest BCUT2D eigenvalue weighted by atomic mass is 35.5. The highest BCUT2D eigenvalue weighted by molar-refractivity contribution is 6.53. The van der Waals surface area contributed by atoms with Crippen LogP contribution in [-0.4, -0.2) is 29.4 Å². The lowest BCUT2D eigenvalue weighted by molar-refractivity contribution is -0.153. The van der Waals surface area contributed by atoms with Crippen molar-refractivity contribution in [1.82, 2.24) is 5.32 Å². The van der Waals surface area contributed by atoms with Gasteiger partial charge in [-0.15, -0.1) is 23.2 Å². The summed E-state index contributed by atoms with van der Waals surface area (Å²) in [7, 11) is 0. The van der Waals surface area contributed by atoms with Gasteiger partial charge in [-0.1, -0.05) is 23.7 Å². The van der Waals surface area contributed by atoms with Gasteiger partial charge in [-0.2, -0.15) is 0 Å². The second kappa shape index (κ2) is 6.65. The van der Waals surface area contributed by atoms with Crippen LogP contribution in [0, 0.1) is 5.41 Å². The van der Waals surface area contributed by atoms with Crippen LogP contribution in [0.3, 0.4) is 0 Å². The van der Waals surface area contributed by atoms with E-state index in [2.05, 4.69) is 5.32 Å². The van der Waals surface area contributed by atoms with E-state index in [0.29, 0.717) is 24.4 Å². The Kier molecular flexibility index (Phi) is 5.25. The minimum absolute atomic E-state index is 0.333. The van der Waals surface area contributed by atoms with Crippen LogP contribution >= 0.6 is 34.8 Å². The molecule has 22 heavy (non-hydrogen) atoms. The third kappa shape index (κ3) is 4.06. The average Bonchev–Trinajstić information content (AvgIpc) is 2.98. The molecule has 1 fully saturated rings. The minimum atomic E-state index is -1.09. The highest BCUT2D eigenvalue weighted by Gasteiger charge is 2.69. The molecule has 2 rings (SSSR count). The fraction of sp³-hybridized carbons (Fsp3) is 0.467. The van der Waals surface area contributed by atoms with Crippen LogP contribution in [0.5, 0.6) is 0 Å². The van der Waals surface area contributed by atoms with Gasteiger partial charge in [0.05, 0.1) is 0 Å². The van der Waals surface area contributed by atoms with Crippen LogP contribution in [-0.2, 0) is 20.7 Å². The summed E-state index contributed by atoms with van der Waals surface area (Å²) in [6, 6.07) is 7.37. The lowest BCUT2D eigenvalue weighted by Gasteiger charge is -2.11.